The van der Waals surface area contributed by atoms with Crippen LogP contribution in [0.3, 0.4) is 0 Å². The van der Waals surface area contributed by atoms with E-state index in [1.807, 2.05) is 60.7 Å². The lowest BCUT2D eigenvalue weighted by atomic mass is 9.97. The Labute approximate surface area is 178 Å². The molecule has 0 aliphatic carbocycles. The van der Waals surface area contributed by atoms with E-state index in [1.54, 1.807) is 30.3 Å². The molecule has 4 heteroatoms. The predicted molar refractivity (Wildman–Crippen MR) is 119 cm³/mol. The van der Waals surface area contributed by atoms with Crippen molar-refractivity contribution in [3.63, 3.8) is 0 Å². The van der Waals surface area contributed by atoms with Crippen molar-refractivity contribution in [2.75, 3.05) is 0 Å². The predicted octanol–water partition coefficient (Wildman–Crippen LogP) is 7.11. The second kappa shape index (κ2) is 7.80. The molecular formula is C27H19F2NO. The first kappa shape index (κ1) is 19.2. The van der Waals surface area contributed by atoms with Gasteiger partial charge in [-0.1, -0.05) is 72.8 Å². The minimum absolute atomic E-state index is 0.118. The number of alkyl halides is 2. The van der Waals surface area contributed by atoms with Crippen molar-refractivity contribution in [3.05, 3.63) is 120 Å². The SMILES string of the molecule is FC(F)(c1ccc(OCc2ccccc2)cc1)c1nc2ccccc2c2ccccc12. The van der Waals surface area contributed by atoms with E-state index < -0.39 is 5.92 Å². The lowest BCUT2D eigenvalue weighted by Gasteiger charge is -2.20. The number of aromatic nitrogens is 1. The normalized spacial score (nSPS) is 11.7. The fourth-order valence-electron chi connectivity index (χ4n) is 3.78. The molecule has 0 aliphatic rings. The number of pyridine rings is 1. The Hall–Kier alpha value is -3.79. The monoisotopic (exact) mass is 411 g/mol. The number of rotatable bonds is 5. The topological polar surface area (TPSA) is 22.1 Å². The van der Waals surface area contributed by atoms with Crippen LogP contribution in [-0.2, 0) is 12.5 Å². The fraction of sp³-hybridized carbons (Fsp3) is 0.0741. The van der Waals surface area contributed by atoms with Crippen LogP contribution in [0.5, 0.6) is 5.75 Å². The van der Waals surface area contributed by atoms with Crippen molar-refractivity contribution >= 4 is 21.7 Å². The molecular weight excluding hydrogens is 392 g/mol. The Balaban J connectivity index is 1.50. The van der Waals surface area contributed by atoms with Crippen molar-refractivity contribution in [1.82, 2.24) is 4.98 Å². The molecule has 0 spiro atoms. The molecule has 5 rings (SSSR count). The molecule has 2 nitrogen and oxygen atoms in total. The van der Waals surface area contributed by atoms with Crippen LogP contribution in [0.1, 0.15) is 16.8 Å². The fourth-order valence-corrected chi connectivity index (χ4v) is 3.78. The van der Waals surface area contributed by atoms with E-state index in [0.29, 0.717) is 23.3 Å². The van der Waals surface area contributed by atoms with Gasteiger partial charge in [-0.25, -0.2) is 4.98 Å². The summed E-state index contributed by atoms with van der Waals surface area (Å²) in [5, 5.41) is 2.09. The third-order valence-electron chi connectivity index (χ3n) is 5.37. The van der Waals surface area contributed by atoms with Crippen LogP contribution in [0.25, 0.3) is 21.7 Å². The summed E-state index contributed by atoms with van der Waals surface area (Å²) in [4.78, 5) is 4.37. The molecule has 0 bridgehead atoms. The van der Waals surface area contributed by atoms with Crippen molar-refractivity contribution in [1.29, 1.82) is 0 Å². The molecule has 152 valence electrons. The van der Waals surface area contributed by atoms with Gasteiger partial charge in [-0.15, -0.1) is 0 Å². The van der Waals surface area contributed by atoms with Gasteiger partial charge in [0.05, 0.1) is 5.52 Å². The lowest BCUT2D eigenvalue weighted by Crippen LogP contribution is -2.18. The maximum absolute atomic E-state index is 15.6. The summed E-state index contributed by atoms with van der Waals surface area (Å²) >= 11 is 0. The maximum atomic E-state index is 15.6. The Morgan fingerprint density at radius 3 is 2.00 bits per heavy atom. The van der Waals surface area contributed by atoms with Gasteiger partial charge in [-0.2, -0.15) is 8.78 Å². The molecule has 4 aromatic carbocycles. The Kier molecular flexibility index (Phi) is 4.83. The molecule has 0 saturated heterocycles. The van der Waals surface area contributed by atoms with E-state index in [2.05, 4.69) is 4.98 Å². The van der Waals surface area contributed by atoms with Gasteiger partial charge in [0.25, 0.3) is 0 Å². The molecule has 0 unspecified atom stereocenters. The largest absolute Gasteiger partial charge is 0.489 e. The number of nitrogens with zero attached hydrogens (tertiary/aromatic N) is 1. The van der Waals surface area contributed by atoms with Crippen LogP contribution in [0.15, 0.2) is 103 Å². The summed E-state index contributed by atoms with van der Waals surface area (Å²) in [6, 6.07) is 30.3. The number of hydrogen-bond donors (Lipinski definition) is 0. The number of benzene rings is 4. The van der Waals surface area contributed by atoms with E-state index in [9.17, 15) is 0 Å². The molecule has 0 N–H and O–H groups in total. The summed E-state index contributed by atoms with van der Waals surface area (Å²) in [6.45, 7) is 0.382. The van der Waals surface area contributed by atoms with Crippen LogP contribution < -0.4 is 4.74 Å². The first-order valence-corrected chi connectivity index (χ1v) is 10.1. The Bertz CT molecular complexity index is 1350. The second-order valence-corrected chi connectivity index (χ2v) is 7.40. The van der Waals surface area contributed by atoms with Crippen LogP contribution in [0.2, 0.25) is 0 Å². The second-order valence-electron chi connectivity index (χ2n) is 7.40. The van der Waals surface area contributed by atoms with Gasteiger partial charge in [-0.05, 0) is 41.3 Å². The molecule has 1 aromatic heterocycles. The molecule has 31 heavy (non-hydrogen) atoms. The molecule has 0 amide bonds. The zero-order valence-corrected chi connectivity index (χ0v) is 16.6. The molecule has 0 fully saturated rings. The average Bonchev–Trinajstić information content (AvgIpc) is 2.83. The first-order valence-electron chi connectivity index (χ1n) is 10.1. The van der Waals surface area contributed by atoms with Gasteiger partial charge in [0.15, 0.2) is 0 Å². The highest BCUT2D eigenvalue weighted by Crippen LogP contribution is 2.40. The highest BCUT2D eigenvalue weighted by Gasteiger charge is 2.37. The number of hydrogen-bond acceptors (Lipinski definition) is 2. The standard InChI is InChI=1S/C27H19F2NO/c28-27(29,20-14-16-21(17-15-20)31-18-19-8-2-1-3-9-19)26-24-12-5-4-10-22(24)23-11-6-7-13-25(23)30-26/h1-17H,18H2. The van der Waals surface area contributed by atoms with Crippen molar-refractivity contribution in [2.45, 2.75) is 12.5 Å². The maximum Gasteiger partial charge on any atom is 0.315 e. The molecule has 0 aliphatic heterocycles. The van der Waals surface area contributed by atoms with Crippen LogP contribution in [0, 0.1) is 0 Å². The van der Waals surface area contributed by atoms with E-state index in [1.165, 1.54) is 12.1 Å². The van der Waals surface area contributed by atoms with Crippen LogP contribution in [-0.4, -0.2) is 4.98 Å². The van der Waals surface area contributed by atoms with E-state index in [4.69, 9.17) is 4.74 Å². The average molecular weight is 411 g/mol. The summed E-state index contributed by atoms with van der Waals surface area (Å²) < 4.78 is 37.0. The van der Waals surface area contributed by atoms with Crippen LogP contribution in [0.4, 0.5) is 8.78 Å². The van der Waals surface area contributed by atoms with E-state index in [-0.39, 0.29) is 11.3 Å². The van der Waals surface area contributed by atoms with Gasteiger partial charge < -0.3 is 4.74 Å². The minimum atomic E-state index is -3.25. The van der Waals surface area contributed by atoms with Gasteiger partial charge in [-0.3, -0.25) is 0 Å². The van der Waals surface area contributed by atoms with E-state index in [0.717, 1.165) is 16.3 Å². The Morgan fingerprint density at radius 2 is 1.26 bits per heavy atom. The highest BCUT2D eigenvalue weighted by atomic mass is 19.3. The number of halogens is 2. The van der Waals surface area contributed by atoms with Crippen LogP contribution >= 0.6 is 0 Å². The molecule has 1 heterocycles. The highest BCUT2D eigenvalue weighted by molar-refractivity contribution is 6.06. The summed E-state index contributed by atoms with van der Waals surface area (Å²) in [6.07, 6.45) is 0. The summed E-state index contributed by atoms with van der Waals surface area (Å²) in [5.74, 6) is -2.71. The summed E-state index contributed by atoms with van der Waals surface area (Å²) in [5.41, 5.74) is 1.22. The molecule has 0 radical (unpaired) electrons. The van der Waals surface area contributed by atoms with Gasteiger partial charge in [0.2, 0.25) is 0 Å². The van der Waals surface area contributed by atoms with Gasteiger partial charge >= 0.3 is 5.92 Å². The Morgan fingerprint density at radius 1 is 0.645 bits per heavy atom. The van der Waals surface area contributed by atoms with Crippen molar-refractivity contribution in [3.8, 4) is 5.75 Å². The van der Waals surface area contributed by atoms with Crippen molar-refractivity contribution < 1.29 is 13.5 Å². The third-order valence-corrected chi connectivity index (χ3v) is 5.37. The zero-order valence-electron chi connectivity index (χ0n) is 16.6. The van der Waals surface area contributed by atoms with Gasteiger partial charge in [0.1, 0.15) is 18.1 Å². The number of ether oxygens (including phenoxy) is 1. The first-order chi connectivity index (χ1) is 15.1. The smallest absolute Gasteiger partial charge is 0.315 e. The number of fused-ring (bicyclic) bond motifs is 3. The molecule has 0 saturated carbocycles. The minimum Gasteiger partial charge on any atom is -0.489 e. The van der Waals surface area contributed by atoms with E-state index >= 15 is 8.78 Å². The zero-order chi connectivity index (χ0) is 21.3. The van der Waals surface area contributed by atoms with Gasteiger partial charge in [0, 0.05) is 16.3 Å². The van der Waals surface area contributed by atoms with Crippen molar-refractivity contribution in [2.24, 2.45) is 0 Å². The molecule has 0 atom stereocenters. The lowest BCUT2D eigenvalue weighted by molar-refractivity contribution is 0.0401. The molecule has 5 aromatic rings. The third kappa shape index (κ3) is 3.61. The summed E-state index contributed by atoms with van der Waals surface area (Å²) in [7, 11) is 0. The quantitative estimate of drug-likeness (QED) is 0.288. The number of para-hydroxylation sites is 1.